The molecule has 0 aromatic carbocycles. The second-order valence-corrected chi connectivity index (χ2v) is 3.37. The van der Waals surface area contributed by atoms with Gasteiger partial charge >= 0.3 is 5.92 Å². The molecule has 0 amide bonds. The monoisotopic (exact) mass is 236 g/mol. The van der Waals surface area contributed by atoms with Crippen LogP contribution in [0.25, 0.3) is 0 Å². The summed E-state index contributed by atoms with van der Waals surface area (Å²) in [6, 6.07) is 0. The highest BCUT2D eigenvalue weighted by molar-refractivity contribution is 9.10. The minimum absolute atomic E-state index is 0.441. The first-order chi connectivity index (χ1) is 5.41. The second kappa shape index (κ2) is 3.05. The molecule has 5 heteroatoms. The maximum absolute atomic E-state index is 12.6. The first kappa shape index (κ1) is 9.51. The third-order valence-corrected chi connectivity index (χ3v) is 2.09. The van der Waals surface area contributed by atoms with Crippen molar-refractivity contribution in [2.75, 3.05) is 0 Å². The van der Waals surface area contributed by atoms with Gasteiger partial charge in [-0.3, -0.25) is 0 Å². The van der Waals surface area contributed by atoms with E-state index in [1.807, 2.05) is 0 Å². The van der Waals surface area contributed by atoms with E-state index < -0.39 is 11.7 Å². The van der Waals surface area contributed by atoms with Gasteiger partial charge in [0.2, 0.25) is 0 Å². The number of hydrogen-bond acceptors (Lipinski definition) is 2. The van der Waals surface area contributed by atoms with E-state index in [2.05, 4.69) is 25.9 Å². The number of halogens is 3. The van der Waals surface area contributed by atoms with Crippen molar-refractivity contribution in [3.8, 4) is 0 Å². The van der Waals surface area contributed by atoms with Crippen molar-refractivity contribution in [3.63, 3.8) is 0 Å². The molecule has 0 aliphatic rings. The van der Waals surface area contributed by atoms with Crippen molar-refractivity contribution in [1.29, 1.82) is 0 Å². The first-order valence-electron chi connectivity index (χ1n) is 3.28. The van der Waals surface area contributed by atoms with Crippen LogP contribution in [-0.2, 0) is 5.92 Å². The summed E-state index contributed by atoms with van der Waals surface area (Å²) in [6.07, 6.45) is 1.33. The van der Waals surface area contributed by atoms with E-state index in [4.69, 9.17) is 0 Å². The molecule has 0 N–H and O–H groups in total. The van der Waals surface area contributed by atoms with E-state index in [1.54, 1.807) is 6.92 Å². The molecule has 0 aliphatic heterocycles. The Morgan fingerprint density at radius 1 is 1.50 bits per heavy atom. The van der Waals surface area contributed by atoms with Gasteiger partial charge in [-0.1, -0.05) is 0 Å². The van der Waals surface area contributed by atoms with Gasteiger partial charge in [0.25, 0.3) is 0 Å². The predicted molar refractivity (Wildman–Crippen MR) is 44.0 cm³/mol. The summed E-state index contributed by atoms with van der Waals surface area (Å²) in [4.78, 5) is 7.14. The third kappa shape index (κ3) is 1.97. The van der Waals surface area contributed by atoms with E-state index >= 15 is 0 Å². The van der Waals surface area contributed by atoms with Crippen LogP contribution < -0.4 is 0 Å². The Morgan fingerprint density at radius 3 is 2.50 bits per heavy atom. The van der Waals surface area contributed by atoms with Crippen LogP contribution in [0.2, 0.25) is 0 Å². The van der Waals surface area contributed by atoms with E-state index in [0.29, 0.717) is 10.2 Å². The van der Waals surface area contributed by atoms with Crippen LogP contribution >= 0.6 is 15.9 Å². The number of nitrogens with zero attached hydrogens (tertiary/aromatic N) is 2. The SMILES string of the molecule is Cc1nc(C(C)(F)F)ncc1Br. The van der Waals surface area contributed by atoms with Gasteiger partial charge in [-0.2, -0.15) is 8.78 Å². The average Bonchev–Trinajstić information content (AvgIpc) is 1.92. The van der Waals surface area contributed by atoms with Crippen LogP contribution in [-0.4, -0.2) is 9.97 Å². The lowest BCUT2D eigenvalue weighted by Crippen LogP contribution is -2.13. The van der Waals surface area contributed by atoms with Crippen LogP contribution in [0.5, 0.6) is 0 Å². The summed E-state index contributed by atoms with van der Waals surface area (Å²) >= 11 is 3.13. The highest BCUT2D eigenvalue weighted by Gasteiger charge is 2.28. The third-order valence-electron chi connectivity index (χ3n) is 1.31. The fourth-order valence-electron chi connectivity index (χ4n) is 0.664. The number of alkyl halides is 2. The summed E-state index contributed by atoms with van der Waals surface area (Å²) in [5.41, 5.74) is 0.515. The largest absolute Gasteiger partial charge is 0.303 e. The lowest BCUT2D eigenvalue weighted by atomic mass is 10.3. The minimum atomic E-state index is -2.97. The fourth-order valence-corrected chi connectivity index (χ4v) is 0.855. The quantitative estimate of drug-likeness (QED) is 0.750. The molecule has 0 radical (unpaired) electrons. The van der Waals surface area contributed by atoms with Gasteiger partial charge < -0.3 is 0 Å². The summed E-state index contributed by atoms with van der Waals surface area (Å²) < 4.78 is 25.9. The zero-order valence-corrected chi connectivity index (χ0v) is 8.19. The maximum atomic E-state index is 12.6. The Hall–Kier alpha value is -0.580. The molecule has 0 unspecified atom stereocenters. The van der Waals surface area contributed by atoms with Crippen LogP contribution in [0.3, 0.4) is 0 Å². The van der Waals surface area contributed by atoms with Crippen LogP contribution in [0.15, 0.2) is 10.7 Å². The van der Waals surface area contributed by atoms with Gasteiger partial charge in [0.1, 0.15) is 0 Å². The van der Waals surface area contributed by atoms with Gasteiger partial charge in [0.15, 0.2) is 5.82 Å². The van der Waals surface area contributed by atoms with Gasteiger partial charge in [-0.05, 0) is 22.9 Å². The Kier molecular flexibility index (Phi) is 2.41. The van der Waals surface area contributed by atoms with Crippen LogP contribution in [0.4, 0.5) is 8.78 Å². The molecule has 1 heterocycles. The van der Waals surface area contributed by atoms with E-state index in [1.165, 1.54) is 6.20 Å². The van der Waals surface area contributed by atoms with Crippen molar-refractivity contribution < 1.29 is 8.78 Å². The zero-order valence-electron chi connectivity index (χ0n) is 6.61. The lowest BCUT2D eigenvalue weighted by Gasteiger charge is -2.08. The zero-order chi connectivity index (χ0) is 9.35. The van der Waals surface area contributed by atoms with Crippen LogP contribution in [0.1, 0.15) is 18.4 Å². The standard InChI is InChI=1S/C7H7BrF2N2/c1-4-5(8)3-11-6(12-4)7(2,9)10/h3H,1-2H3. The number of aromatic nitrogens is 2. The summed E-state index contributed by atoms with van der Waals surface area (Å²) in [7, 11) is 0. The van der Waals surface area contributed by atoms with Gasteiger partial charge in [0.05, 0.1) is 10.2 Å². The Morgan fingerprint density at radius 2 is 2.08 bits per heavy atom. The highest BCUT2D eigenvalue weighted by Crippen LogP contribution is 2.24. The smallest absolute Gasteiger partial charge is 0.234 e. The molecular formula is C7H7BrF2N2. The number of hydrogen-bond donors (Lipinski definition) is 0. The average molecular weight is 237 g/mol. The van der Waals surface area contributed by atoms with Crippen LogP contribution in [0, 0.1) is 6.92 Å². The molecule has 0 atom stereocenters. The molecule has 1 aromatic rings. The fraction of sp³-hybridized carbons (Fsp3) is 0.429. The van der Waals surface area contributed by atoms with E-state index in [9.17, 15) is 8.78 Å². The van der Waals surface area contributed by atoms with Crippen molar-refractivity contribution in [2.24, 2.45) is 0 Å². The van der Waals surface area contributed by atoms with Gasteiger partial charge in [0, 0.05) is 13.1 Å². The Labute approximate surface area is 77.2 Å². The second-order valence-electron chi connectivity index (χ2n) is 2.52. The highest BCUT2D eigenvalue weighted by atomic mass is 79.9. The Balaban J connectivity index is 3.14. The summed E-state index contributed by atoms with van der Waals surface area (Å²) in [5.74, 6) is -3.41. The molecule has 0 saturated carbocycles. The molecule has 0 spiro atoms. The topological polar surface area (TPSA) is 25.8 Å². The Bertz CT molecular complexity index is 296. The molecule has 66 valence electrons. The molecule has 0 aliphatic carbocycles. The van der Waals surface area contributed by atoms with Crippen molar-refractivity contribution >= 4 is 15.9 Å². The molecule has 1 rings (SSSR count). The van der Waals surface area contributed by atoms with E-state index in [-0.39, 0.29) is 0 Å². The molecule has 0 bridgehead atoms. The molecular weight excluding hydrogens is 230 g/mol. The summed E-state index contributed by atoms with van der Waals surface area (Å²) in [5, 5.41) is 0. The normalized spacial score (nSPS) is 11.8. The van der Waals surface area contributed by atoms with Crippen molar-refractivity contribution in [1.82, 2.24) is 9.97 Å². The summed E-state index contributed by atoms with van der Waals surface area (Å²) in [6.45, 7) is 2.41. The van der Waals surface area contributed by atoms with Gasteiger partial charge in [-0.15, -0.1) is 0 Å². The predicted octanol–water partition coefficient (Wildman–Crippen LogP) is 2.66. The van der Waals surface area contributed by atoms with Crippen molar-refractivity contribution in [3.05, 3.63) is 22.2 Å². The number of rotatable bonds is 1. The lowest BCUT2D eigenvalue weighted by molar-refractivity contribution is 0.00746. The van der Waals surface area contributed by atoms with Crippen molar-refractivity contribution in [2.45, 2.75) is 19.8 Å². The van der Waals surface area contributed by atoms with E-state index in [0.717, 1.165) is 6.92 Å². The van der Waals surface area contributed by atoms with Gasteiger partial charge in [-0.25, -0.2) is 9.97 Å². The first-order valence-corrected chi connectivity index (χ1v) is 4.08. The maximum Gasteiger partial charge on any atom is 0.303 e. The molecule has 0 saturated heterocycles. The molecule has 1 aromatic heterocycles. The molecule has 12 heavy (non-hydrogen) atoms. The molecule has 0 fully saturated rings. The molecule has 2 nitrogen and oxygen atoms in total. The number of aryl methyl sites for hydroxylation is 1. The minimum Gasteiger partial charge on any atom is -0.234 e.